The molecule has 2 N–H and O–H groups in total. The topological polar surface area (TPSA) is 80.2 Å². The molecule has 0 saturated heterocycles. The van der Waals surface area contributed by atoms with E-state index in [0.29, 0.717) is 29.2 Å². The van der Waals surface area contributed by atoms with Crippen molar-refractivity contribution in [2.45, 2.75) is 13.3 Å². The molecule has 24 heavy (non-hydrogen) atoms. The van der Waals surface area contributed by atoms with Gasteiger partial charge in [-0.2, -0.15) is 5.10 Å². The first-order valence-corrected chi connectivity index (χ1v) is 7.58. The van der Waals surface area contributed by atoms with E-state index in [-0.39, 0.29) is 11.7 Å². The third kappa shape index (κ3) is 4.25. The van der Waals surface area contributed by atoms with Crippen molar-refractivity contribution in [3.8, 4) is 17.2 Å². The number of hydrogen-bond acceptors (Lipinski definition) is 5. The number of nitrogens with zero attached hydrogens (tertiary/aromatic N) is 1. The fraction of sp³-hybridized carbons (Fsp3) is 0.222. The van der Waals surface area contributed by atoms with Crippen molar-refractivity contribution >= 4 is 12.1 Å². The molecular formula is C18H20N2O4. The van der Waals surface area contributed by atoms with Gasteiger partial charge in [0.15, 0.2) is 11.5 Å². The standard InChI is InChI=1S/C18H20N2O4/c1-3-11-24-15-9-5-4-8-14(15)18(22)20-19-12-13-7-6-10-16(23-2)17(13)21/h4-10,12,21H,3,11H2,1-2H3,(H,20,22). The highest BCUT2D eigenvalue weighted by Crippen LogP contribution is 2.27. The lowest BCUT2D eigenvalue weighted by molar-refractivity contribution is 0.0951. The van der Waals surface area contributed by atoms with Gasteiger partial charge >= 0.3 is 0 Å². The van der Waals surface area contributed by atoms with E-state index in [1.54, 1.807) is 42.5 Å². The minimum atomic E-state index is -0.389. The second-order valence-electron chi connectivity index (χ2n) is 4.94. The molecule has 0 fully saturated rings. The van der Waals surface area contributed by atoms with Gasteiger partial charge in [0, 0.05) is 5.56 Å². The van der Waals surface area contributed by atoms with Crippen LogP contribution in [0.5, 0.6) is 17.2 Å². The summed E-state index contributed by atoms with van der Waals surface area (Å²) in [4.78, 5) is 12.2. The highest BCUT2D eigenvalue weighted by Gasteiger charge is 2.11. The number of carbonyl (C=O) groups excluding carboxylic acids is 1. The maximum atomic E-state index is 12.2. The molecule has 2 aromatic carbocycles. The van der Waals surface area contributed by atoms with Gasteiger partial charge in [-0.05, 0) is 30.7 Å². The summed E-state index contributed by atoms with van der Waals surface area (Å²) in [5, 5.41) is 13.8. The molecule has 2 aromatic rings. The van der Waals surface area contributed by atoms with E-state index >= 15 is 0 Å². The molecule has 0 unspecified atom stereocenters. The lowest BCUT2D eigenvalue weighted by atomic mass is 10.2. The summed E-state index contributed by atoms with van der Waals surface area (Å²) in [6.07, 6.45) is 2.20. The third-order valence-corrected chi connectivity index (χ3v) is 3.21. The second kappa shape index (κ2) is 8.57. The van der Waals surface area contributed by atoms with Crippen LogP contribution in [0.15, 0.2) is 47.6 Å². The average molecular weight is 328 g/mol. The minimum absolute atomic E-state index is 0.0373. The zero-order valence-electron chi connectivity index (χ0n) is 13.7. The number of carbonyl (C=O) groups is 1. The Morgan fingerprint density at radius 2 is 1.96 bits per heavy atom. The third-order valence-electron chi connectivity index (χ3n) is 3.21. The van der Waals surface area contributed by atoms with Crippen LogP contribution in [0.3, 0.4) is 0 Å². The van der Waals surface area contributed by atoms with Crippen molar-refractivity contribution < 1.29 is 19.4 Å². The van der Waals surface area contributed by atoms with E-state index in [1.807, 2.05) is 6.92 Å². The van der Waals surface area contributed by atoms with Gasteiger partial charge in [0.1, 0.15) is 5.75 Å². The predicted molar refractivity (Wildman–Crippen MR) is 91.9 cm³/mol. The zero-order valence-corrected chi connectivity index (χ0v) is 13.7. The summed E-state index contributed by atoms with van der Waals surface area (Å²) in [7, 11) is 1.46. The van der Waals surface area contributed by atoms with Gasteiger partial charge in [-0.1, -0.05) is 25.1 Å². The Morgan fingerprint density at radius 3 is 2.71 bits per heavy atom. The summed E-state index contributed by atoms with van der Waals surface area (Å²) < 4.78 is 10.6. The molecule has 126 valence electrons. The van der Waals surface area contributed by atoms with E-state index in [0.717, 1.165) is 6.42 Å². The van der Waals surface area contributed by atoms with Gasteiger partial charge in [-0.15, -0.1) is 0 Å². The molecule has 2 rings (SSSR count). The normalized spacial score (nSPS) is 10.6. The first-order valence-electron chi connectivity index (χ1n) is 7.58. The lowest BCUT2D eigenvalue weighted by Crippen LogP contribution is -2.18. The van der Waals surface area contributed by atoms with E-state index < -0.39 is 0 Å². The van der Waals surface area contributed by atoms with Crippen LogP contribution in [0.2, 0.25) is 0 Å². The molecule has 0 aromatic heterocycles. The number of methoxy groups -OCH3 is 1. The Labute approximate surface area is 140 Å². The maximum absolute atomic E-state index is 12.2. The molecule has 0 aliphatic rings. The Kier molecular flexibility index (Phi) is 6.19. The van der Waals surface area contributed by atoms with Gasteiger partial charge in [0.2, 0.25) is 0 Å². The van der Waals surface area contributed by atoms with Crippen LogP contribution in [0, 0.1) is 0 Å². The number of hydrogen-bond donors (Lipinski definition) is 2. The van der Waals surface area contributed by atoms with Crippen LogP contribution in [-0.2, 0) is 0 Å². The molecular weight excluding hydrogens is 308 g/mol. The largest absolute Gasteiger partial charge is 0.504 e. The van der Waals surface area contributed by atoms with E-state index in [9.17, 15) is 9.90 Å². The maximum Gasteiger partial charge on any atom is 0.275 e. The lowest BCUT2D eigenvalue weighted by Gasteiger charge is -2.09. The number of amides is 1. The fourth-order valence-corrected chi connectivity index (χ4v) is 2.02. The van der Waals surface area contributed by atoms with Crippen molar-refractivity contribution in [1.82, 2.24) is 5.43 Å². The first-order chi connectivity index (χ1) is 11.7. The van der Waals surface area contributed by atoms with Crippen LogP contribution in [0.25, 0.3) is 0 Å². The molecule has 0 atom stereocenters. The fourth-order valence-electron chi connectivity index (χ4n) is 2.02. The van der Waals surface area contributed by atoms with Crippen LogP contribution < -0.4 is 14.9 Å². The Hall–Kier alpha value is -3.02. The number of phenolic OH excluding ortho intramolecular Hbond substituents is 1. The Balaban J connectivity index is 2.08. The molecule has 0 saturated carbocycles. The number of nitrogens with one attached hydrogen (secondary N) is 1. The number of ether oxygens (including phenoxy) is 2. The van der Waals surface area contributed by atoms with Crippen LogP contribution >= 0.6 is 0 Å². The molecule has 0 bridgehead atoms. The number of aromatic hydroxyl groups is 1. The second-order valence-corrected chi connectivity index (χ2v) is 4.94. The molecule has 0 aliphatic heterocycles. The zero-order chi connectivity index (χ0) is 17.4. The SMILES string of the molecule is CCCOc1ccccc1C(=O)NN=Cc1cccc(OC)c1O. The monoisotopic (exact) mass is 328 g/mol. The Bertz CT molecular complexity index is 729. The summed E-state index contributed by atoms with van der Waals surface area (Å²) in [5.41, 5.74) is 3.26. The molecule has 1 amide bonds. The van der Waals surface area contributed by atoms with Crippen LogP contribution in [0.4, 0.5) is 0 Å². The van der Waals surface area contributed by atoms with Gasteiger partial charge in [0.05, 0.1) is 25.5 Å². The van der Waals surface area contributed by atoms with E-state index in [1.165, 1.54) is 13.3 Å². The van der Waals surface area contributed by atoms with Gasteiger partial charge in [-0.25, -0.2) is 5.43 Å². The molecule has 6 nitrogen and oxygen atoms in total. The van der Waals surface area contributed by atoms with Crippen molar-refractivity contribution in [1.29, 1.82) is 0 Å². The number of para-hydroxylation sites is 2. The highest BCUT2D eigenvalue weighted by atomic mass is 16.5. The first kappa shape index (κ1) is 17.3. The minimum Gasteiger partial charge on any atom is -0.504 e. The van der Waals surface area contributed by atoms with Crippen molar-refractivity contribution in [3.63, 3.8) is 0 Å². The molecule has 0 aliphatic carbocycles. The van der Waals surface area contributed by atoms with Gasteiger partial charge < -0.3 is 14.6 Å². The van der Waals surface area contributed by atoms with Crippen molar-refractivity contribution in [3.05, 3.63) is 53.6 Å². The molecule has 0 heterocycles. The predicted octanol–water partition coefficient (Wildman–Crippen LogP) is 2.95. The van der Waals surface area contributed by atoms with Crippen molar-refractivity contribution in [2.24, 2.45) is 5.10 Å². The van der Waals surface area contributed by atoms with Crippen LogP contribution in [-0.4, -0.2) is 30.9 Å². The Morgan fingerprint density at radius 1 is 1.21 bits per heavy atom. The summed E-state index contributed by atoms with van der Waals surface area (Å²) in [6, 6.07) is 12.0. The van der Waals surface area contributed by atoms with Gasteiger partial charge in [0.25, 0.3) is 5.91 Å². The van der Waals surface area contributed by atoms with Gasteiger partial charge in [-0.3, -0.25) is 4.79 Å². The summed E-state index contributed by atoms with van der Waals surface area (Å²) in [6.45, 7) is 2.53. The number of rotatable bonds is 7. The molecule has 0 spiro atoms. The van der Waals surface area contributed by atoms with Crippen molar-refractivity contribution in [2.75, 3.05) is 13.7 Å². The number of phenols is 1. The number of benzene rings is 2. The van der Waals surface area contributed by atoms with E-state index in [4.69, 9.17) is 9.47 Å². The molecule has 6 heteroatoms. The quantitative estimate of drug-likeness (QED) is 0.605. The summed E-state index contributed by atoms with van der Waals surface area (Å²) >= 11 is 0. The molecule has 0 radical (unpaired) electrons. The number of hydrazone groups is 1. The van der Waals surface area contributed by atoms with E-state index in [2.05, 4.69) is 10.5 Å². The van der Waals surface area contributed by atoms with Crippen LogP contribution in [0.1, 0.15) is 29.3 Å². The highest BCUT2D eigenvalue weighted by molar-refractivity contribution is 5.97. The smallest absolute Gasteiger partial charge is 0.275 e. The summed E-state index contributed by atoms with van der Waals surface area (Å²) in [5.74, 6) is 0.421. The average Bonchev–Trinajstić information content (AvgIpc) is 2.61.